The number of hydrogen-bond acceptors (Lipinski definition) is 0. The summed E-state index contributed by atoms with van der Waals surface area (Å²) in [5.41, 5.74) is 0. The van der Waals surface area contributed by atoms with Crippen LogP contribution in [-0.2, 0) is 0 Å². The molecule has 0 amide bonds. The van der Waals surface area contributed by atoms with Gasteiger partial charge >= 0.3 is 0 Å². The summed E-state index contributed by atoms with van der Waals surface area (Å²) in [7, 11) is 0. The van der Waals surface area contributed by atoms with Crippen molar-refractivity contribution in [3.63, 3.8) is 0 Å². The van der Waals surface area contributed by atoms with Crippen LogP contribution in [0.2, 0.25) is 0 Å². The molecule has 0 bridgehead atoms. The zero-order chi connectivity index (χ0) is 10.5. The van der Waals surface area contributed by atoms with Crippen LogP contribution < -0.4 is 0 Å². The molecule has 1 nitrogen and oxygen atoms in total. The third-order valence-electron chi connectivity index (χ3n) is 2.62. The molecule has 0 heterocycles. The molecule has 1 heteroatoms. The van der Waals surface area contributed by atoms with Gasteiger partial charge in [-0.3, -0.25) is 0 Å². The molecule has 0 N–H and O–H groups in total. The fraction of sp³-hybridized carbons (Fsp3) is 0.923. The molecule has 0 radical (unpaired) electrons. The Hall–Kier alpha value is -0.510. The summed E-state index contributed by atoms with van der Waals surface area (Å²) >= 11 is 0. The summed E-state index contributed by atoms with van der Waals surface area (Å²) in [6.07, 6.45) is 13.5. The normalized spacial score (nSPS) is 10.0. The first-order valence-electron chi connectivity index (χ1n) is 6.25. The van der Waals surface area contributed by atoms with Crippen LogP contribution in [0.25, 0.3) is 4.85 Å². The summed E-state index contributed by atoms with van der Waals surface area (Å²) in [4.78, 5) is 3.35. The second kappa shape index (κ2) is 12.5. The maximum atomic E-state index is 6.64. The molecular weight excluding hydrogens is 170 g/mol. The van der Waals surface area contributed by atoms with Crippen LogP contribution >= 0.6 is 0 Å². The van der Waals surface area contributed by atoms with Gasteiger partial charge in [0.15, 0.2) is 0 Å². The predicted molar refractivity (Wildman–Crippen MR) is 63.3 cm³/mol. The maximum Gasteiger partial charge on any atom is 0.214 e. The smallest absolute Gasteiger partial charge is 0.214 e. The van der Waals surface area contributed by atoms with Gasteiger partial charge in [0.25, 0.3) is 0 Å². The highest BCUT2D eigenvalue weighted by Crippen LogP contribution is 2.10. The van der Waals surface area contributed by atoms with Crippen molar-refractivity contribution in [1.29, 1.82) is 0 Å². The lowest BCUT2D eigenvalue weighted by molar-refractivity contribution is 0.561. The standard InChI is InChI=1S/C13H25N/c1-3-4-5-6-7-8-9-10-11-12-13-14-2/h3-13H2,1H3. The van der Waals surface area contributed by atoms with E-state index < -0.39 is 0 Å². The van der Waals surface area contributed by atoms with Crippen molar-refractivity contribution in [2.75, 3.05) is 6.54 Å². The second-order valence-electron chi connectivity index (χ2n) is 4.06. The van der Waals surface area contributed by atoms with Gasteiger partial charge in [0.05, 0.1) is 0 Å². The zero-order valence-corrected chi connectivity index (χ0v) is 9.73. The lowest BCUT2D eigenvalue weighted by Crippen LogP contribution is -1.82. The van der Waals surface area contributed by atoms with Crippen molar-refractivity contribution in [2.24, 2.45) is 0 Å². The SMILES string of the molecule is [C-]#[N+]CCCCCCCCCCCC. The van der Waals surface area contributed by atoms with Crippen LogP contribution in [0.15, 0.2) is 0 Å². The van der Waals surface area contributed by atoms with E-state index in [9.17, 15) is 0 Å². The van der Waals surface area contributed by atoms with Crippen LogP contribution in [0.3, 0.4) is 0 Å². The molecule has 14 heavy (non-hydrogen) atoms. The van der Waals surface area contributed by atoms with Gasteiger partial charge in [0.2, 0.25) is 6.54 Å². The molecular formula is C13H25N. The van der Waals surface area contributed by atoms with E-state index >= 15 is 0 Å². The van der Waals surface area contributed by atoms with E-state index in [1.165, 1.54) is 57.8 Å². The number of nitrogens with zero attached hydrogens (tertiary/aromatic N) is 1. The predicted octanol–water partition coefficient (Wildman–Crippen LogP) is 4.83. The average Bonchev–Trinajstić information content (AvgIpc) is 2.21. The Kier molecular flexibility index (Phi) is 12.0. The Morgan fingerprint density at radius 3 is 1.57 bits per heavy atom. The third kappa shape index (κ3) is 11.5. The molecule has 0 rings (SSSR count). The molecule has 0 saturated heterocycles. The van der Waals surface area contributed by atoms with E-state index in [4.69, 9.17) is 6.57 Å². The summed E-state index contributed by atoms with van der Waals surface area (Å²) in [6.45, 7) is 9.63. The van der Waals surface area contributed by atoms with Crippen molar-refractivity contribution < 1.29 is 0 Å². The second-order valence-corrected chi connectivity index (χ2v) is 4.06. The molecule has 0 aromatic rings. The number of hydrogen-bond donors (Lipinski definition) is 0. The van der Waals surface area contributed by atoms with Gasteiger partial charge in [-0.2, -0.15) is 0 Å². The van der Waals surface area contributed by atoms with Crippen LogP contribution in [-0.4, -0.2) is 6.54 Å². The molecule has 82 valence electrons. The molecule has 0 spiro atoms. The minimum atomic E-state index is 0.733. The molecule has 0 aromatic heterocycles. The summed E-state index contributed by atoms with van der Waals surface area (Å²) in [6, 6.07) is 0. The van der Waals surface area contributed by atoms with E-state index in [1.807, 2.05) is 0 Å². The highest BCUT2D eigenvalue weighted by Gasteiger charge is 1.92. The first-order valence-corrected chi connectivity index (χ1v) is 6.25. The fourth-order valence-corrected chi connectivity index (χ4v) is 1.68. The van der Waals surface area contributed by atoms with Crippen LogP contribution in [0.5, 0.6) is 0 Å². The van der Waals surface area contributed by atoms with Gasteiger partial charge in [-0.15, -0.1) is 0 Å². The molecule has 0 unspecified atom stereocenters. The van der Waals surface area contributed by atoms with Crippen LogP contribution in [0.4, 0.5) is 0 Å². The molecule has 0 aliphatic rings. The van der Waals surface area contributed by atoms with Crippen molar-refractivity contribution in [3.05, 3.63) is 11.4 Å². The molecule has 0 aliphatic carbocycles. The number of unbranched alkanes of at least 4 members (excludes halogenated alkanes) is 9. The first kappa shape index (κ1) is 13.5. The van der Waals surface area contributed by atoms with Crippen LogP contribution in [0, 0.1) is 6.57 Å². The Labute approximate surface area is 89.7 Å². The van der Waals surface area contributed by atoms with E-state index in [1.54, 1.807) is 0 Å². The van der Waals surface area contributed by atoms with Gasteiger partial charge in [0.1, 0.15) is 0 Å². The topological polar surface area (TPSA) is 4.36 Å². The Bertz CT molecular complexity index is 135. The van der Waals surface area contributed by atoms with E-state index in [2.05, 4.69) is 11.8 Å². The molecule has 0 fully saturated rings. The summed E-state index contributed by atoms with van der Waals surface area (Å²) < 4.78 is 0. The molecule has 0 atom stereocenters. The largest absolute Gasteiger partial charge is 0.317 e. The van der Waals surface area contributed by atoms with Gasteiger partial charge in [0, 0.05) is 6.42 Å². The highest BCUT2D eigenvalue weighted by atomic mass is 14.6. The van der Waals surface area contributed by atoms with Gasteiger partial charge in [-0.25, -0.2) is 6.57 Å². The monoisotopic (exact) mass is 195 g/mol. The average molecular weight is 195 g/mol. The molecule has 0 aromatic carbocycles. The van der Waals surface area contributed by atoms with Crippen molar-refractivity contribution in [2.45, 2.75) is 71.1 Å². The quantitative estimate of drug-likeness (QED) is 0.347. The Morgan fingerprint density at radius 2 is 1.14 bits per heavy atom. The lowest BCUT2D eigenvalue weighted by atomic mass is 10.1. The van der Waals surface area contributed by atoms with Crippen molar-refractivity contribution in [1.82, 2.24) is 0 Å². The maximum absolute atomic E-state index is 6.64. The van der Waals surface area contributed by atoms with E-state index in [0.717, 1.165) is 13.0 Å². The summed E-state index contributed by atoms with van der Waals surface area (Å²) in [5, 5.41) is 0. The van der Waals surface area contributed by atoms with Gasteiger partial charge < -0.3 is 4.85 Å². The minimum Gasteiger partial charge on any atom is -0.317 e. The van der Waals surface area contributed by atoms with E-state index in [0.29, 0.717) is 0 Å². The Balaban J connectivity index is 2.82. The lowest BCUT2D eigenvalue weighted by Gasteiger charge is -2.00. The van der Waals surface area contributed by atoms with Gasteiger partial charge in [-0.05, 0) is 6.42 Å². The molecule has 0 saturated carbocycles. The minimum absolute atomic E-state index is 0.733. The third-order valence-corrected chi connectivity index (χ3v) is 2.62. The van der Waals surface area contributed by atoms with Crippen molar-refractivity contribution in [3.8, 4) is 0 Å². The first-order chi connectivity index (χ1) is 6.91. The summed E-state index contributed by atoms with van der Waals surface area (Å²) in [5.74, 6) is 0. The fourth-order valence-electron chi connectivity index (χ4n) is 1.68. The van der Waals surface area contributed by atoms with Crippen molar-refractivity contribution >= 4 is 0 Å². The van der Waals surface area contributed by atoms with Crippen LogP contribution in [0.1, 0.15) is 71.1 Å². The van der Waals surface area contributed by atoms with Gasteiger partial charge in [-0.1, -0.05) is 58.3 Å². The highest BCUT2D eigenvalue weighted by molar-refractivity contribution is 4.57. The van der Waals surface area contributed by atoms with E-state index in [-0.39, 0.29) is 0 Å². The Morgan fingerprint density at radius 1 is 0.714 bits per heavy atom. The molecule has 0 aliphatic heterocycles. The number of rotatable bonds is 10. The zero-order valence-electron chi connectivity index (χ0n) is 9.73.